The Hall–Kier alpha value is -3.46. The highest BCUT2D eigenvalue weighted by Gasteiger charge is 2.28. The average Bonchev–Trinajstić information content (AvgIpc) is 2.90. The first-order chi connectivity index (χ1) is 18.0. The van der Waals surface area contributed by atoms with E-state index in [0.717, 1.165) is 22.6 Å². The van der Waals surface area contributed by atoms with Gasteiger partial charge in [0.15, 0.2) is 0 Å². The van der Waals surface area contributed by atoms with Crippen LogP contribution in [0.25, 0.3) is 0 Å². The van der Waals surface area contributed by atoms with Crippen LogP contribution in [0.2, 0.25) is 0 Å². The fourth-order valence-electron chi connectivity index (χ4n) is 4.24. The van der Waals surface area contributed by atoms with Crippen molar-refractivity contribution in [3.8, 4) is 0 Å². The normalized spacial score (nSPS) is 12.6. The number of thioether (sulfide) groups is 1. The Morgan fingerprint density at radius 1 is 0.919 bits per heavy atom. The monoisotopic (exact) mass is 532 g/mol. The molecule has 0 amide bonds. The van der Waals surface area contributed by atoms with Gasteiger partial charge in [-0.2, -0.15) is 0 Å². The fourth-order valence-corrected chi connectivity index (χ4v) is 5.84. The number of benzene rings is 3. The van der Waals surface area contributed by atoms with Crippen molar-refractivity contribution in [2.24, 2.45) is 0 Å². The maximum atomic E-state index is 12.6. The van der Waals surface area contributed by atoms with Gasteiger partial charge in [0.1, 0.15) is 0 Å². The molecule has 0 bridgehead atoms. The number of hydrogen-bond acceptors (Lipinski definition) is 4. The van der Waals surface area contributed by atoms with Crippen molar-refractivity contribution < 1.29 is 18.7 Å². The quantitative estimate of drug-likeness (QED) is 0.173. The summed E-state index contributed by atoms with van der Waals surface area (Å²) in [6.45, 7) is 0. The van der Waals surface area contributed by atoms with Crippen LogP contribution in [0.15, 0.2) is 108 Å². The Labute approximate surface area is 223 Å². The van der Waals surface area contributed by atoms with Crippen LogP contribution in [0.5, 0.6) is 0 Å². The number of carboxylic acid groups (broad SMARTS) is 1. The van der Waals surface area contributed by atoms with E-state index in [1.807, 2.05) is 42.5 Å². The molecule has 190 valence electrons. The van der Waals surface area contributed by atoms with Crippen LogP contribution in [-0.4, -0.2) is 30.6 Å². The van der Waals surface area contributed by atoms with Crippen LogP contribution >= 0.6 is 11.8 Å². The topological polar surface area (TPSA) is 90.7 Å². The van der Waals surface area contributed by atoms with Crippen LogP contribution in [0.1, 0.15) is 28.3 Å². The zero-order valence-electron chi connectivity index (χ0n) is 20.1. The van der Waals surface area contributed by atoms with Gasteiger partial charge in [-0.25, -0.2) is 4.21 Å². The molecule has 2 unspecified atom stereocenters. The molecule has 2 atom stereocenters. The molecule has 1 aromatic heterocycles. The lowest BCUT2D eigenvalue weighted by atomic mass is 9.93. The molecule has 2 N–H and O–H groups in total. The third kappa shape index (κ3) is 7.52. The van der Waals surface area contributed by atoms with Crippen molar-refractivity contribution in [2.45, 2.75) is 30.2 Å². The van der Waals surface area contributed by atoms with Crippen LogP contribution in [0.3, 0.4) is 0 Å². The molecule has 0 saturated heterocycles. The van der Waals surface area contributed by atoms with Gasteiger partial charge in [0.2, 0.25) is 0 Å². The molecule has 0 aliphatic rings. The highest BCUT2D eigenvalue weighted by Crippen LogP contribution is 2.33. The molecule has 0 spiro atoms. The molecule has 0 aliphatic carbocycles. The van der Waals surface area contributed by atoms with E-state index in [9.17, 15) is 18.7 Å². The first-order valence-corrected chi connectivity index (χ1v) is 13.9. The molecular weight excluding hydrogens is 504 g/mol. The van der Waals surface area contributed by atoms with E-state index in [1.165, 1.54) is 16.1 Å². The summed E-state index contributed by atoms with van der Waals surface area (Å²) < 4.78 is 24.3. The maximum Gasteiger partial charge on any atom is 0.307 e. The summed E-state index contributed by atoms with van der Waals surface area (Å²) in [5, 5.41) is 9.47. The molecule has 0 fully saturated rings. The molecule has 8 heteroatoms. The molecule has 0 saturated carbocycles. The zero-order valence-corrected chi connectivity index (χ0v) is 21.8. The summed E-state index contributed by atoms with van der Waals surface area (Å²) in [5.41, 5.74) is 4.06. The van der Waals surface area contributed by atoms with Gasteiger partial charge in [-0.1, -0.05) is 66.7 Å². The predicted octanol–water partition coefficient (Wildman–Crippen LogP) is 5.97. The van der Waals surface area contributed by atoms with E-state index in [1.54, 1.807) is 42.2 Å². The molecule has 0 aliphatic heterocycles. The van der Waals surface area contributed by atoms with E-state index in [-0.39, 0.29) is 6.42 Å². The van der Waals surface area contributed by atoms with Crippen molar-refractivity contribution >= 4 is 34.7 Å². The summed E-state index contributed by atoms with van der Waals surface area (Å²) in [4.78, 5) is 16.8. The number of aromatic nitrogens is 1. The molecule has 37 heavy (non-hydrogen) atoms. The van der Waals surface area contributed by atoms with E-state index >= 15 is 0 Å². The van der Waals surface area contributed by atoms with Crippen molar-refractivity contribution in [1.29, 1.82) is 0 Å². The molecule has 4 rings (SSSR count). The number of aryl methyl sites for hydroxylation is 1. The van der Waals surface area contributed by atoms with Gasteiger partial charge < -0.3 is 5.11 Å². The van der Waals surface area contributed by atoms with Gasteiger partial charge in [0, 0.05) is 16.8 Å². The molecule has 0 radical (unpaired) electrons. The highest BCUT2D eigenvalue weighted by atomic mass is 32.2. The first kappa shape index (κ1) is 26.6. The Balaban J connectivity index is 1.59. The molecule has 6 nitrogen and oxygen atoms in total. The van der Waals surface area contributed by atoms with Gasteiger partial charge >= 0.3 is 5.97 Å². The van der Waals surface area contributed by atoms with Crippen molar-refractivity contribution in [3.05, 3.63) is 126 Å². The summed E-state index contributed by atoms with van der Waals surface area (Å²) in [6.07, 6.45) is 4.35. The van der Waals surface area contributed by atoms with E-state index in [0.29, 0.717) is 23.2 Å². The SMILES string of the molecule is O=C(O)Cc1ccccc1C(Cc1ccc(SCCc2ccccc2)cc1)N(c1cccnc1)S(=O)O. The van der Waals surface area contributed by atoms with E-state index < -0.39 is 23.3 Å². The molecule has 1 heterocycles. The zero-order chi connectivity index (χ0) is 26.0. The van der Waals surface area contributed by atoms with Gasteiger partial charge in [-0.15, -0.1) is 11.8 Å². The average molecular weight is 533 g/mol. The fraction of sp³-hybridized carbons (Fsp3) is 0.172. The number of rotatable bonds is 12. The van der Waals surface area contributed by atoms with Gasteiger partial charge in [-0.05, 0) is 59.4 Å². The minimum Gasteiger partial charge on any atom is -0.481 e. The van der Waals surface area contributed by atoms with E-state index in [4.69, 9.17) is 0 Å². The number of carbonyl (C=O) groups is 1. The van der Waals surface area contributed by atoms with Crippen molar-refractivity contribution in [2.75, 3.05) is 10.1 Å². The minimum absolute atomic E-state index is 0.178. The standard InChI is InChI=1S/C29H28N2O4S2/c32-29(33)20-24-9-4-5-11-27(24)28(31(37(34)35)25-10-6-17-30-21-25)19-23-12-14-26(15-13-23)36-18-16-22-7-2-1-3-8-22/h1-15,17,21,28H,16,18-20H2,(H,32,33)(H,34,35). The lowest BCUT2D eigenvalue weighted by Crippen LogP contribution is -2.32. The number of hydrogen-bond donors (Lipinski definition) is 2. The minimum atomic E-state index is -2.36. The van der Waals surface area contributed by atoms with Gasteiger partial charge in [0.05, 0.1) is 24.3 Å². The second-order valence-corrected chi connectivity index (χ2v) is 10.5. The Morgan fingerprint density at radius 2 is 1.65 bits per heavy atom. The summed E-state index contributed by atoms with van der Waals surface area (Å²) in [7, 11) is 0. The summed E-state index contributed by atoms with van der Waals surface area (Å²) in [5.74, 6) is 0.00782. The Morgan fingerprint density at radius 3 is 2.32 bits per heavy atom. The molecular formula is C29H28N2O4S2. The first-order valence-electron chi connectivity index (χ1n) is 11.9. The number of anilines is 1. The van der Waals surface area contributed by atoms with E-state index in [2.05, 4.69) is 29.2 Å². The lowest BCUT2D eigenvalue weighted by Gasteiger charge is -2.31. The van der Waals surface area contributed by atoms with Crippen molar-refractivity contribution in [3.63, 3.8) is 0 Å². The highest BCUT2D eigenvalue weighted by molar-refractivity contribution is 7.99. The second kappa shape index (κ2) is 13.2. The maximum absolute atomic E-state index is 12.6. The van der Waals surface area contributed by atoms with Crippen molar-refractivity contribution in [1.82, 2.24) is 4.98 Å². The predicted molar refractivity (Wildman–Crippen MR) is 149 cm³/mol. The largest absolute Gasteiger partial charge is 0.481 e. The van der Waals surface area contributed by atoms with Gasteiger partial charge in [0.25, 0.3) is 11.3 Å². The van der Waals surface area contributed by atoms with Crippen LogP contribution < -0.4 is 4.31 Å². The number of nitrogens with zero attached hydrogens (tertiary/aromatic N) is 2. The second-order valence-electron chi connectivity index (χ2n) is 8.49. The Kier molecular flexibility index (Phi) is 9.48. The molecule has 3 aromatic carbocycles. The number of carboxylic acids is 1. The summed E-state index contributed by atoms with van der Waals surface area (Å²) >= 11 is -0.581. The molecule has 4 aromatic rings. The number of aliphatic carboxylic acids is 1. The Bertz CT molecular complexity index is 1320. The number of pyridine rings is 1. The van der Waals surface area contributed by atoms with Crippen LogP contribution in [-0.2, 0) is 35.3 Å². The third-order valence-electron chi connectivity index (χ3n) is 5.96. The van der Waals surface area contributed by atoms with Crippen LogP contribution in [0, 0.1) is 0 Å². The van der Waals surface area contributed by atoms with Gasteiger partial charge in [-0.3, -0.25) is 18.6 Å². The van der Waals surface area contributed by atoms with Crippen LogP contribution in [0.4, 0.5) is 5.69 Å². The smallest absolute Gasteiger partial charge is 0.307 e. The summed E-state index contributed by atoms with van der Waals surface area (Å²) in [6, 6.07) is 28.6. The lowest BCUT2D eigenvalue weighted by molar-refractivity contribution is -0.136. The third-order valence-corrected chi connectivity index (χ3v) is 7.78.